The standard InChI is InChI=1S/C14H30N2/c1-5-14(6-2,7-3)16-11-13-12(4)9-8-10-15-13/h12-13,15-16H,5-11H2,1-4H3. The smallest absolute Gasteiger partial charge is 0.0218 e. The maximum Gasteiger partial charge on any atom is 0.0218 e. The molecule has 0 saturated carbocycles. The van der Waals surface area contributed by atoms with Crippen molar-refractivity contribution in [3.8, 4) is 0 Å². The Morgan fingerprint density at radius 1 is 1.19 bits per heavy atom. The first kappa shape index (κ1) is 14.0. The van der Waals surface area contributed by atoms with Crippen LogP contribution in [0, 0.1) is 5.92 Å². The molecule has 1 aliphatic rings. The Labute approximate surface area is 102 Å². The minimum atomic E-state index is 0.374. The third kappa shape index (κ3) is 3.46. The molecular weight excluding hydrogens is 196 g/mol. The van der Waals surface area contributed by atoms with E-state index >= 15 is 0 Å². The lowest BCUT2D eigenvalue weighted by atomic mass is 9.87. The first-order chi connectivity index (χ1) is 7.67. The quantitative estimate of drug-likeness (QED) is 0.727. The Kier molecular flexibility index (Phi) is 5.77. The van der Waals surface area contributed by atoms with Crippen LogP contribution in [0.4, 0.5) is 0 Å². The fourth-order valence-corrected chi connectivity index (χ4v) is 2.84. The summed E-state index contributed by atoms with van der Waals surface area (Å²) in [5, 5.41) is 7.47. The Hall–Kier alpha value is -0.0800. The molecule has 0 radical (unpaired) electrons. The Balaban J connectivity index is 2.41. The van der Waals surface area contributed by atoms with E-state index in [1.807, 2.05) is 0 Å². The highest BCUT2D eigenvalue weighted by Crippen LogP contribution is 2.21. The summed E-state index contributed by atoms with van der Waals surface area (Å²) < 4.78 is 0. The zero-order chi connectivity index (χ0) is 12.0. The van der Waals surface area contributed by atoms with E-state index < -0.39 is 0 Å². The van der Waals surface area contributed by atoms with Crippen molar-refractivity contribution in [1.29, 1.82) is 0 Å². The van der Waals surface area contributed by atoms with Gasteiger partial charge in [-0.25, -0.2) is 0 Å². The van der Waals surface area contributed by atoms with E-state index in [0.717, 1.165) is 12.5 Å². The third-order valence-corrected chi connectivity index (χ3v) is 4.66. The average Bonchev–Trinajstić information content (AvgIpc) is 2.34. The molecule has 1 rings (SSSR count). The number of hydrogen-bond acceptors (Lipinski definition) is 2. The first-order valence-electron chi connectivity index (χ1n) is 7.15. The number of nitrogens with one attached hydrogen (secondary N) is 2. The predicted molar refractivity (Wildman–Crippen MR) is 71.8 cm³/mol. The summed E-state index contributed by atoms with van der Waals surface area (Å²) in [7, 11) is 0. The molecule has 96 valence electrons. The molecule has 0 aliphatic carbocycles. The predicted octanol–water partition coefficient (Wildman–Crippen LogP) is 2.93. The molecule has 2 N–H and O–H groups in total. The molecule has 2 nitrogen and oxygen atoms in total. The van der Waals surface area contributed by atoms with Gasteiger partial charge in [0.05, 0.1) is 0 Å². The monoisotopic (exact) mass is 226 g/mol. The molecule has 1 aliphatic heterocycles. The van der Waals surface area contributed by atoms with Gasteiger partial charge in [-0.3, -0.25) is 0 Å². The summed E-state index contributed by atoms with van der Waals surface area (Å²) in [5.74, 6) is 0.824. The molecule has 0 spiro atoms. The SMILES string of the molecule is CCC(CC)(CC)NCC1NCCCC1C. The highest BCUT2D eigenvalue weighted by atomic mass is 15.0. The number of hydrogen-bond donors (Lipinski definition) is 2. The largest absolute Gasteiger partial charge is 0.312 e. The highest BCUT2D eigenvalue weighted by molar-refractivity contribution is 4.88. The minimum absolute atomic E-state index is 0.374. The van der Waals surface area contributed by atoms with Crippen LogP contribution in [0.3, 0.4) is 0 Å². The average molecular weight is 226 g/mol. The number of piperidine rings is 1. The van der Waals surface area contributed by atoms with Gasteiger partial charge in [-0.05, 0) is 44.6 Å². The molecule has 2 heteroatoms. The summed E-state index contributed by atoms with van der Waals surface area (Å²) in [6.07, 6.45) is 6.44. The van der Waals surface area contributed by atoms with E-state index in [-0.39, 0.29) is 0 Å². The van der Waals surface area contributed by atoms with E-state index in [4.69, 9.17) is 0 Å². The van der Waals surface area contributed by atoms with Crippen molar-refractivity contribution in [2.24, 2.45) is 5.92 Å². The summed E-state index contributed by atoms with van der Waals surface area (Å²) >= 11 is 0. The van der Waals surface area contributed by atoms with Crippen molar-refractivity contribution >= 4 is 0 Å². The van der Waals surface area contributed by atoms with Gasteiger partial charge >= 0.3 is 0 Å². The molecule has 0 aromatic carbocycles. The molecule has 1 heterocycles. The Morgan fingerprint density at radius 2 is 1.81 bits per heavy atom. The van der Waals surface area contributed by atoms with E-state index in [1.165, 1.54) is 38.6 Å². The molecule has 16 heavy (non-hydrogen) atoms. The van der Waals surface area contributed by atoms with Crippen LogP contribution >= 0.6 is 0 Å². The second kappa shape index (κ2) is 6.61. The summed E-state index contributed by atoms with van der Waals surface area (Å²) in [6, 6.07) is 0.678. The summed E-state index contributed by atoms with van der Waals surface area (Å²) in [6.45, 7) is 11.6. The van der Waals surface area contributed by atoms with Crippen LogP contribution < -0.4 is 10.6 Å². The third-order valence-electron chi connectivity index (χ3n) is 4.66. The van der Waals surface area contributed by atoms with Crippen LogP contribution in [0.15, 0.2) is 0 Å². The fourth-order valence-electron chi connectivity index (χ4n) is 2.84. The van der Waals surface area contributed by atoms with Gasteiger partial charge in [-0.2, -0.15) is 0 Å². The van der Waals surface area contributed by atoms with Gasteiger partial charge < -0.3 is 10.6 Å². The minimum Gasteiger partial charge on any atom is -0.312 e. The van der Waals surface area contributed by atoms with Crippen molar-refractivity contribution in [3.63, 3.8) is 0 Å². The zero-order valence-corrected chi connectivity index (χ0v) is 11.6. The van der Waals surface area contributed by atoms with Crippen molar-refractivity contribution in [2.75, 3.05) is 13.1 Å². The van der Waals surface area contributed by atoms with Crippen molar-refractivity contribution in [1.82, 2.24) is 10.6 Å². The first-order valence-corrected chi connectivity index (χ1v) is 7.15. The Morgan fingerprint density at radius 3 is 2.31 bits per heavy atom. The van der Waals surface area contributed by atoms with E-state index in [9.17, 15) is 0 Å². The lowest BCUT2D eigenvalue weighted by Gasteiger charge is -2.37. The molecule has 0 amide bonds. The lowest BCUT2D eigenvalue weighted by Crippen LogP contribution is -2.53. The molecule has 2 unspecified atom stereocenters. The van der Waals surface area contributed by atoms with Crippen molar-refractivity contribution < 1.29 is 0 Å². The van der Waals surface area contributed by atoms with Gasteiger partial charge in [0, 0.05) is 18.1 Å². The number of rotatable bonds is 6. The Bertz CT molecular complexity index is 179. The topological polar surface area (TPSA) is 24.1 Å². The second-order valence-corrected chi connectivity index (χ2v) is 5.40. The molecule has 2 atom stereocenters. The lowest BCUT2D eigenvalue weighted by molar-refractivity contribution is 0.232. The fraction of sp³-hybridized carbons (Fsp3) is 1.00. The summed E-state index contributed by atoms with van der Waals surface area (Å²) in [4.78, 5) is 0. The van der Waals surface area contributed by atoms with Gasteiger partial charge in [0.15, 0.2) is 0 Å². The van der Waals surface area contributed by atoms with Gasteiger partial charge in [0.1, 0.15) is 0 Å². The van der Waals surface area contributed by atoms with Crippen LogP contribution in [0.2, 0.25) is 0 Å². The second-order valence-electron chi connectivity index (χ2n) is 5.40. The van der Waals surface area contributed by atoms with Gasteiger partial charge in [0.25, 0.3) is 0 Å². The van der Waals surface area contributed by atoms with Gasteiger partial charge in [-0.15, -0.1) is 0 Å². The van der Waals surface area contributed by atoms with Crippen molar-refractivity contribution in [3.05, 3.63) is 0 Å². The molecule has 1 saturated heterocycles. The van der Waals surface area contributed by atoms with Crippen LogP contribution in [-0.4, -0.2) is 24.7 Å². The summed E-state index contributed by atoms with van der Waals surface area (Å²) in [5.41, 5.74) is 0.374. The van der Waals surface area contributed by atoms with Crippen LogP contribution in [0.1, 0.15) is 59.8 Å². The van der Waals surface area contributed by atoms with Gasteiger partial charge in [-0.1, -0.05) is 27.7 Å². The normalized spacial score (nSPS) is 27.0. The van der Waals surface area contributed by atoms with Crippen molar-refractivity contribution in [2.45, 2.75) is 71.4 Å². The molecule has 1 fully saturated rings. The molecule has 0 bridgehead atoms. The van der Waals surface area contributed by atoms with E-state index in [1.54, 1.807) is 0 Å². The molecule has 0 aromatic heterocycles. The van der Waals surface area contributed by atoms with E-state index in [0.29, 0.717) is 11.6 Å². The zero-order valence-electron chi connectivity index (χ0n) is 11.6. The molecular formula is C14H30N2. The van der Waals surface area contributed by atoms with Crippen LogP contribution in [0.25, 0.3) is 0 Å². The highest BCUT2D eigenvalue weighted by Gasteiger charge is 2.26. The van der Waals surface area contributed by atoms with Crippen LogP contribution in [-0.2, 0) is 0 Å². The maximum atomic E-state index is 3.82. The van der Waals surface area contributed by atoms with Crippen LogP contribution in [0.5, 0.6) is 0 Å². The van der Waals surface area contributed by atoms with Gasteiger partial charge in [0.2, 0.25) is 0 Å². The maximum absolute atomic E-state index is 3.82. The molecule has 0 aromatic rings. The van der Waals surface area contributed by atoms with E-state index in [2.05, 4.69) is 38.3 Å².